The normalized spacial score (nSPS) is 11.2. The molecule has 0 atom stereocenters. The van der Waals surface area contributed by atoms with Gasteiger partial charge in [0.05, 0.1) is 10.6 Å². The Kier molecular flexibility index (Phi) is 5.87. The van der Waals surface area contributed by atoms with Crippen LogP contribution in [-0.2, 0) is 14.8 Å². The van der Waals surface area contributed by atoms with Crippen LogP contribution in [0.5, 0.6) is 0 Å². The molecule has 0 aliphatic rings. The van der Waals surface area contributed by atoms with Crippen LogP contribution < -0.4 is 15.6 Å². The number of anilines is 1. The molecule has 9 heteroatoms. The van der Waals surface area contributed by atoms with E-state index in [9.17, 15) is 13.2 Å². The number of nitrogens with one attached hydrogen (secondary N) is 1. The fourth-order valence-electron chi connectivity index (χ4n) is 2.01. The van der Waals surface area contributed by atoms with Crippen molar-refractivity contribution in [3.05, 3.63) is 57.5 Å². The molecular formula is C15H15BrClN3O3S. The third-order valence-electron chi connectivity index (χ3n) is 3.28. The van der Waals surface area contributed by atoms with E-state index in [-0.39, 0.29) is 4.90 Å². The van der Waals surface area contributed by atoms with Gasteiger partial charge in [-0.05, 0) is 55.0 Å². The Morgan fingerprint density at radius 3 is 2.42 bits per heavy atom. The van der Waals surface area contributed by atoms with Crippen molar-refractivity contribution in [2.75, 3.05) is 10.8 Å². The molecule has 0 spiro atoms. The lowest BCUT2D eigenvalue weighted by Gasteiger charge is -2.24. The van der Waals surface area contributed by atoms with Crippen molar-refractivity contribution < 1.29 is 13.2 Å². The highest BCUT2D eigenvalue weighted by molar-refractivity contribution is 9.10. The number of nitrogens with two attached hydrogens (primary N) is 1. The third-order valence-corrected chi connectivity index (χ3v) is 6.02. The number of amides is 1. The van der Waals surface area contributed by atoms with Gasteiger partial charge >= 0.3 is 0 Å². The molecule has 24 heavy (non-hydrogen) atoms. The summed E-state index contributed by atoms with van der Waals surface area (Å²) in [5, 5.41) is 0.503. The van der Waals surface area contributed by atoms with E-state index in [1.165, 1.54) is 18.2 Å². The molecule has 2 rings (SSSR count). The highest BCUT2D eigenvalue weighted by Gasteiger charge is 2.27. The molecule has 0 aliphatic carbocycles. The van der Waals surface area contributed by atoms with E-state index in [0.29, 0.717) is 16.3 Å². The Labute approximate surface area is 153 Å². The first kappa shape index (κ1) is 18.7. The number of nitrogens with zero attached hydrogens (tertiary/aromatic N) is 1. The van der Waals surface area contributed by atoms with Crippen LogP contribution in [0.3, 0.4) is 0 Å². The third kappa shape index (κ3) is 4.07. The van der Waals surface area contributed by atoms with Gasteiger partial charge in [-0.3, -0.25) is 14.5 Å². The lowest BCUT2D eigenvalue weighted by molar-refractivity contribution is -0.119. The van der Waals surface area contributed by atoms with Crippen molar-refractivity contribution in [3.63, 3.8) is 0 Å². The predicted octanol–water partition coefficient (Wildman–Crippen LogP) is 2.60. The van der Waals surface area contributed by atoms with Gasteiger partial charge in [-0.15, -0.1) is 0 Å². The number of hydrogen-bond donors (Lipinski definition) is 2. The summed E-state index contributed by atoms with van der Waals surface area (Å²) >= 11 is 9.25. The van der Waals surface area contributed by atoms with Gasteiger partial charge in [0.1, 0.15) is 6.54 Å². The summed E-state index contributed by atoms with van der Waals surface area (Å²) in [5.41, 5.74) is 2.96. The maximum atomic E-state index is 12.9. The first-order valence-electron chi connectivity index (χ1n) is 6.79. The van der Waals surface area contributed by atoms with Crippen molar-refractivity contribution in [1.82, 2.24) is 5.43 Å². The minimum atomic E-state index is -3.95. The second-order valence-corrected chi connectivity index (χ2v) is 8.15. The Hall–Kier alpha value is -1.61. The highest BCUT2D eigenvalue weighted by Crippen LogP contribution is 2.28. The fourth-order valence-corrected chi connectivity index (χ4v) is 3.80. The molecule has 6 nitrogen and oxygen atoms in total. The Morgan fingerprint density at radius 2 is 1.88 bits per heavy atom. The molecule has 1 amide bonds. The van der Waals surface area contributed by atoms with Crippen molar-refractivity contribution in [2.45, 2.75) is 11.8 Å². The van der Waals surface area contributed by atoms with E-state index in [0.717, 1.165) is 8.78 Å². The largest absolute Gasteiger partial charge is 0.293 e. The summed E-state index contributed by atoms with van der Waals surface area (Å²) in [5.74, 6) is 4.47. The van der Waals surface area contributed by atoms with E-state index in [1.54, 1.807) is 31.2 Å². The quantitative estimate of drug-likeness (QED) is 0.431. The molecule has 0 unspecified atom stereocenters. The highest BCUT2D eigenvalue weighted by atomic mass is 79.9. The molecule has 0 radical (unpaired) electrons. The average Bonchev–Trinajstić information content (AvgIpc) is 2.55. The zero-order chi connectivity index (χ0) is 17.9. The van der Waals surface area contributed by atoms with Crippen LogP contribution in [-0.4, -0.2) is 20.9 Å². The number of carbonyl (C=O) groups excluding carboxylic acids is 1. The van der Waals surface area contributed by atoms with E-state index >= 15 is 0 Å². The molecule has 0 aromatic heterocycles. The second kappa shape index (κ2) is 7.52. The van der Waals surface area contributed by atoms with E-state index in [4.69, 9.17) is 17.4 Å². The topological polar surface area (TPSA) is 92.5 Å². The molecule has 2 aromatic rings. The van der Waals surface area contributed by atoms with Crippen molar-refractivity contribution in [3.8, 4) is 0 Å². The molecule has 0 saturated heterocycles. The molecule has 0 bridgehead atoms. The number of sulfonamides is 1. The number of benzene rings is 2. The summed E-state index contributed by atoms with van der Waals surface area (Å²) in [6, 6.07) is 10.8. The smallest absolute Gasteiger partial charge is 0.264 e. The van der Waals surface area contributed by atoms with Crippen LogP contribution in [0, 0.1) is 6.92 Å². The molecule has 3 N–H and O–H groups in total. The van der Waals surface area contributed by atoms with Crippen molar-refractivity contribution in [1.29, 1.82) is 0 Å². The van der Waals surface area contributed by atoms with E-state index < -0.39 is 22.5 Å². The van der Waals surface area contributed by atoms with Crippen molar-refractivity contribution >= 4 is 49.1 Å². The van der Waals surface area contributed by atoms with Gasteiger partial charge in [-0.25, -0.2) is 14.3 Å². The summed E-state index contributed by atoms with van der Waals surface area (Å²) in [4.78, 5) is 11.8. The zero-order valence-corrected chi connectivity index (χ0v) is 15.8. The Balaban J connectivity index is 2.54. The molecule has 0 saturated carbocycles. The standard InChI is InChI=1S/C15H15BrClN3O3S/c1-10-8-12(4-7-14(10)17)20(9-15(21)19-18)24(22,23)13-5-2-11(16)3-6-13/h2-8H,9,18H2,1H3,(H,19,21). The van der Waals surface area contributed by atoms with Crippen LogP contribution in [0.4, 0.5) is 5.69 Å². The summed E-state index contributed by atoms with van der Waals surface area (Å²) in [6.07, 6.45) is 0. The zero-order valence-electron chi connectivity index (χ0n) is 12.7. The van der Waals surface area contributed by atoms with Gasteiger partial charge in [0.2, 0.25) is 0 Å². The van der Waals surface area contributed by atoms with Crippen LogP contribution in [0.15, 0.2) is 51.8 Å². The minimum absolute atomic E-state index is 0.0584. The maximum absolute atomic E-state index is 12.9. The Morgan fingerprint density at radius 1 is 1.25 bits per heavy atom. The number of hydrazine groups is 1. The number of hydrogen-bond acceptors (Lipinski definition) is 4. The van der Waals surface area contributed by atoms with Gasteiger partial charge in [0.25, 0.3) is 15.9 Å². The SMILES string of the molecule is Cc1cc(N(CC(=O)NN)S(=O)(=O)c2ccc(Br)cc2)ccc1Cl. The lowest BCUT2D eigenvalue weighted by Crippen LogP contribution is -2.43. The van der Waals surface area contributed by atoms with Gasteiger partial charge < -0.3 is 0 Å². The lowest BCUT2D eigenvalue weighted by atomic mass is 10.2. The predicted molar refractivity (Wildman–Crippen MR) is 97.2 cm³/mol. The molecule has 0 aliphatic heterocycles. The molecule has 128 valence electrons. The number of aryl methyl sites for hydroxylation is 1. The van der Waals surface area contributed by atoms with Crippen LogP contribution >= 0.6 is 27.5 Å². The maximum Gasteiger partial charge on any atom is 0.264 e. The van der Waals surface area contributed by atoms with Gasteiger partial charge in [0, 0.05) is 9.50 Å². The monoisotopic (exact) mass is 431 g/mol. The average molecular weight is 433 g/mol. The number of halogens is 2. The first-order chi connectivity index (χ1) is 11.3. The molecule has 2 aromatic carbocycles. The van der Waals surface area contributed by atoms with Gasteiger partial charge in [-0.1, -0.05) is 27.5 Å². The molecule has 0 fully saturated rings. The van der Waals surface area contributed by atoms with Crippen molar-refractivity contribution in [2.24, 2.45) is 5.84 Å². The number of carbonyl (C=O) groups is 1. The second-order valence-electron chi connectivity index (χ2n) is 4.97. The summed E-state index contributed by atoms with van der Waals surface area (Å²) in [7, 11) is -3.95. The fraction of sp³-hybridized carbons (Fsp3) is 0.133. The summed E-state index contributed by atoms with van der Waals surface area (Å²) in [6.45, 7) is 1.30. The van der Waals surface area contributed by atoms with Gasteiger partial charge in [0.15, 0.2) is 0 Å². The van der Waals surface area contributed by atoms with Gasteiger partial charge in [-0.2, -0.15) is 0 Å². The van der Waals surface area contributed by atoms with Crippen LogP contribution in [0.1, 0.15) is 5.56 Å². The van der Waals surface area contributed by atoms with Crippen LogP contribution in [0.25, 0.3) is 0 Å². The number of rotatable bonds is 5. The summed E-state index contributed by atoms with van der Waals surface area (Å²) < 4.78 is 27.6. The first-order valence-corrected chi connectivity index (χ1v) is 9.40. The molecular weight excluding hydrogens is 418 g/mol. The van der Waals surface area contributed by atoms with E-state index in [1.807, 2.05) is 5.43 Å². The van der Waals surface area contributed by atoms with Crippen LogP contribution in [0.2, 0.25) is 5.02 Å². The minimum Gasteiger partial charge on any atom is -0.293 e. The molecule has 0 heterocycles. The Bertz CT molecular complexity index is 857. The van der Waals surface area contributed by atoms with E-state index in [2.05, 4.69) is 15.9 Å².